The van der Waals surface area contributed by atoms with Crippen LogP contribution >= 0.6 is 0 Å². The van der Waals surface area contributed by atoms with Crippen LogP contribution in [0.1, 0.15) is 52.9 Å². The van der Waals surface area contributed by atoms with Gasteiger partial charge in [-0.05, 0) is 34.1 Å². The Balaban J connectivity index is 2.89. The molecule has 1 aromatic heterocycles. The molecule has 3 N–H and O–H groups in total. The van der Waals surface area contributed by atoms with E-state index in [0.717, 1.165) is 12.2 Å². The van der Waals surface area contributed by atoms with E-state index < -0.39 is 0 Å². The Labute approximate surface area is 115 Å². The van der Waals surface area contributed by atoms with Crippen LogP contribution in [0.25, 0.3) is 0 Å². The van der Waals surface area contributed by atoms with E-state index in [1.54, 1.807) is 6.33 Å². The number of hydrazine groups is 1. The number of nitrogens with two attached hydrogens (primary N) is 1. The molecule has 6 heteroatoms. The minimum atomic E-state index is -0.308. The second-order valence-corrected chi connectivity index (χ2v) is 5.24. The van der Waals surface area contributed by atoms with Crippen LogP contribution in [0.2, 0.25) is 0 Å². The van der Waals surface area contributed by atoms with Crippen molar-refractivity contribution in [1.29, 1.82) is 0 Å². The lowest BCUT2D eigenvalue weighted by atomic mass is 9.90. The predicted octanol–water partition coefficient (Wildman–Crippen LogP) is 1.44. The van der Waals surface area contributed by atoms with Gasteiger partial charge in [-0.1, -0.05) is 6.92 Å². The summed E-state index contributed by atoms with van der Waals surface area (Å²) >= 11 is 0. The molecule has 1 aromatic rings. The summed E-state index contributed by atoms with van der Waals surface area (Å²) in [5.41, 5.74) is 2.57. The van der Waals surface area contributed by atoms with Crippen LogP contribution in [0.4, 0.5) is 0 Å². The van der Waals surface area contributed by atoms with Crippen LogP contribution in [0, 0.1) is 0 Å². The highest BCUT2D eigenvalue weighted by molar-refractivity contribution is 4.98. The number of ether oxygens (including phenoxy) is 1. The second-order valence-electron chi connectivity index (χ2n) is 5.24. The van der Waals surface area contributed by atoms with Gasteiger partial charge in [-0.2, -0.15) is 5.10 Å². The quantitative estimate of drug-likeness (QED) is 0.551. The van der Waals surface area contributed by atoms with Gasteiger partial charge >= 0.3 is 0 Å². The lowest BCUT2D eigenvalue weighted by Crippen LogP contribution is -2.54. The molecule has 2 atom stereocenters. The topological polar surface area (TPSA) is 78.0 Å². The largest absolute Gasteiger partial charge is 0.374 e. The van der Waals surface area contributed by atoms with Gasteiger partial charge in [0.2, 0.25) is 0 Å². The molecule has 0 radical (unpaired) electrons. The zero-order chi connectivity index (χ0) is 14.5. The Bertz CT molecular complexity index is 379. The number of rotatable bonds is 8. The Hall–Kier alpha value is -0.980. The fourth-order valence-corrected chi connectivity index (χ4v) is 2.26. The fraction of sp³-hybridized carbons (Fsp3) is 0.846. The molecule has 1 rings (SSSR count). The summed E-state index contributed by atoms with van der Waals surface area (Å²) in [7, 11) is 0. The highest BCUT2D eigenvalue weighted by Gasteiger charge is 2.33. The Morgan fingerprint density at radius 3 is 2.63 bits per heavy atom. The Morgan fingerprint density at radius 2 is 2.16 bits per heavy atom. The van der Waals surface area contributed by atoms with E-state index in [1.807, 2.05) is 11.6 Å². The maximum absolute atomic E-state index is 5.88. The molecule has 0 aliphatic carbocycles. The maximum atomic E-state index is 5.88. The zero-order valence-corrected chi connectivity index (χ0v) is 12.7. The van der Waals surface area contributed by atoms with Crippen LogP contribution in [0.5, 0.6) is 0 Å². The van der Waals surface area contributed by atoms with Crippen molar-refractivity contribution in [2.45, 2.75) is 65.1 Å². The minimum Gasteiger partial charge on any atom is -0.374 e. The lowest BCUT2D eigenvalue weighted by Gasteiger charge is -2.36. The van der Waals surface area contributed by atoms with Crippen LogP contribution in [-0.2, 0) is 11.2 Å². The first-order valence-electron chi connectivity index (χ1n) is 6.96. The zero-order valence-electron chi connectivity index (χ0n) is 12.7. The second kappa shape index (κ2) is 6.98. The Kier molecular flexibility index (Phi) is 5.90. The van der Waals surface area contributed by atoms with Gasteiger partial charge in [0.1, 0.15) is 12.2 Å². The first-order chi connectivity index (χ1) is 8.98. The van der Waals surface area contributed by atoms with Crippen molar-refractivity contribution in [3.05, 3.63) is 12.2 Å². The smallest absolute Gasteiger partial charge is 0.138 e. The molecule has 0 saturated carbocycles. The van der Waals surface area contributed by atoms with Crippen molar-refractivity contribution in [3.63, 3.8) is 0 Å². The van der Waals surface area contributed by atoms with E-state index in [-0.39, 0.29) is 17.7 Å². The van der Waals surface area contributed by atoms with Crippen LogP contribution in [-0.4, -0.2) is 33.0 Å². The summed E-state index contributed by atoms with van der Waals surface area (Å²) in [6.45, 7) is 11.0. The molecule has 0 aliphatic rings. The van der Waals surface area contributed by atoms with E-state index in [2.05, 4.69) is 43.2 Å². The molecule has 0 aromatic carbocycles. The molecule has 0 bridgehead atoms. The van der Waals surface area contributed by atoms with Crippen molar-refractivity contribution in [2.75, 3.05) is 6.61 Å². The minimum absolute atomic E-state index is 0.000787. The normalized spacial score (nSPS) is 16.6. The predicted molar refractivity (Wildman–Crippen MR) is 75.5 cm³/mol. The lowest BCUT2D eigenvalue weighted by molar-refractivity contribution is -0.0557. The van der Waals surface area contributed by atoms with E-state index >= 15 is 0 Å². The van der Waals surface area contributed by atoms with Crippen molar-refractivity contribution >= 4 is 0 Å². The standard InChI is InChI=1S/C13H27N5O/c1-6-13(5,19-7-2)11(17-14)8-12-15-9-16-18(12)10(3)4/h9-11,17H,6-8,14H2,1-5H3. The molecule has 2 unspecified atom stereocenters. The van der Waals surface area contributed by atoms with Gasteiger partial charge in [0, 0.05) is 19.1 Å². The van der Waals surface area contributed by atoms with E-state index in [1.165, 1.54) is 0 Å². The van der Waals surface area contributed by atoms with Gasteiger partial charge in [-0.15, -0.1) is 0 Å². The van der Waals surface area contributed by atoms with Crippen LogP contribution in [0.15, 0.2) is 6.33 Å². The Morgan fingerprint density at radius 1 is 1.47 bits per heavy atom. The number of hydrogen-bond acceptors (Lipinski definition) is 5. The van der Waals surface area contributed by atoms with Crippen molar-refractivity contribution in [2.24, 2.45) is 5.84 Å². The van der Waals surface area contributed by atoms with Gasteiger partial charge in [0.05, 0.1) is 11.6 Å². The number of aromatic nitrogens is 3. The number of nitrogens with zero attached hydrogens (tertiary/aromatic N) is 3. The number of nitrogens with one attached hydrogen (secondary N) is 1. The first-order valence-corrected chi connectivity index (χ1v) is 6.96. The molecule has 0 saturated heterocycles. The summed E-state index contributed by atoms with van der Waals surface area (Å²) in [5.74, 6) is 6.65. The van der Waals surface area contributed by atoms with Gasteiger partial charge in [0.25, 0.3) is 0 Å². The summed E-state index contributed by atoms with van der Waals surface area (Å²) in [5, 5.41) is 4.25. The van der Waals surface area contributed by atoms with Gasteiger partial charge in [-0.3, -0.25) is 11.3 Å². The summed E-state index contributed by atoms with van der Waals surface area (Å²) in [4.78, 5) is 4.33. The van der Waals surface area contributed by atoms with E-state index in [9.17, 15) is 0 Å². The maximum Gasteiger partial charge on any atom is 0.138 e. The molecular formula is C13H27N5O. The van der Waals surface area contributed by atoms with Gasteiger partial charge in [0.15, 0.2) is 0 Å². The monoisotopic (exact) mass is 269 g/mol. The average molecular weight is 269 g/mol. The highest BCUT2D eigenvalue weighted by atomic mass is 16.5. The van der Waals surface area contributed by atoms with Crippen LogP contribution in [0.3, 0.4) is 0 Å². The third kappa shape index (κ3) is 3.75. The van der Waals surface area contributed by atoms with E-state index in [0.29, 0.717) is 13.0 Å². The molecular weight excluding hydrogens is 242 g/mol. The van der Waals surface area contributed by atoms with Gasteiger partial charge in [-0.25, -0.2) is 9.67 Å². The molecule has 0 fully saturated rings. The highest BCUT2D eigenvalue weighted by Crippen LogP contribution is 2.22. The van der Waals surface area contributed by atoms with Crippen LogP contribution < -0.4 is 11.3 Å². The van der Waals surface area contributed by atoms with E-state index in [4.69, 9.17) is 10.6 Å². The summed E-state index contributed by atoms with van der Waals surface area (Å²) in [6, 6.07) is 0.287. The van der Waals surface area contributed by atoms with Crippen molar-refractivity contribution in [3.8, 4) is 0 Å². The SMILES string of the molecule is CCOC(C)(CC)C(Cc1ncnn1C(C)C)NN. The molecule has 0 amide bonds. The molecule has 6 nitrogen and oxygen atoms in total. The molecule has 0 aliphatic heterocycles. The number of hydrogen-bond donors (Lipinski definition) is 2. The van der Waals surface area contributed by atoms with Crippen molar-refractivity contribution in [1.82, 2.24) is 20.2 Å². The molecule has 19 heavy (non-hydrogen) atoms. The first kappa shape index (κ1) is 16.1. The summed E-state index contributed by atoms with van der Waals surface area (Å²) < 4.78 is 7.80. The summed E-state index contributed by atoms with van der Waals surface area (Å²) in [6.07, 6.45) is 3.16. The molecule has 1 heterocycles. The molecule has 110 valence electrons. The third-order valence-electron chi connectivity index (χ3n) is 3.64. The molecule has 0 spiro atoms. The van der Waals surface area contributed by atoms with Gasteiger partial charge < -0.3 is 4.74 Å². The fourth-order valence-electron chi connectivity index (χ4n) is 2.26. The van der Waals surface area contributed by atoms with Crippen molar-refractivity contribution < 1.29 is 4.74 Å². The average Bonchev–Trinajstić information content (AvgIpc) is 2.84. The third-order valence-corrected chi connectivity index (χ3v) is 3.64.